The second-order valence-corrected chi connectivity index (χ2v) is 2.98. The summed E-state index contributed by atoms with van der Waals surface area (Å²) in [4.78, 5) is 4.20. The highest BCUT2D eigenvalue weighted by Gasteiger charge is 2.00. The van der Waals surface area contributed by atoms with E-state index in [4.69, 9.17) is 11.6 Å². The lowest BCUT2D eigenvalue weighted by Crippen LogP contribution is -2.02. The molecule has 1 rings (SSSR count). The fourth-order valence-electron chi connectivity index (χ4n) is 1.08. The van der Waals surface area contributed by atoms with E-state index in [0.717, 1.165) is 18.8 Å². The molecule has 0 amide bonds. The standard InChI is InChI=1S/C9H13ClN2/c1-3-7-5-8(10)6-12-9(7)11-4-2/h5-6H,3-4H2,1-2H3,(H,11,12). The van der Waals surface area contributed by atoms with Crippen LogP contribution in [0.2, 0.25) is 5.02 Å². The Labute approximate surface area is 78.0 Å². The van der Waals surface area contributed by atoms with Gasteiger partial charge in [0.25, 0.3) is 0 Å². The number of anilines is 1. The average Bonchev–Trinajstić information content (AvgIpc) is 2.08. The van der Waals surface area contributed by atoms with Crippen molar-refractivity contribution in [2.75, 3.05) is 11.9 Å². The Kier molecular flexibility index (Phi) is 3.35. The highest BCUT2D eigenvalue weighted by molar-refractivity contribution is 6.30. The van der Waals surface area contributed by atoms with E-state index in [1.807, 2.05) is 6.07 Å². The molecule has 0 aromatic carbocycles. The maximum atomic E-state index is 5.81. The van der Waals surface area contributed by atoms with Crippen molar-refractivity contribution in [2.45, 2.75) is 20.3 Å². The molecule has 0 atom stereocenters. The Morgan fingerprint density at radius 1 is 1.50 bits per heavy atom. The lowest BCUT2D eigenvalue weighted by Gasteiger charge is -2.07. The molecule has 0 bridgehead atoms. The summed E-state index contributed by atoms with van der Waals surface area (Å²) < 4.78 is 0. The van der Waals surface area contributed by atoms with Crippen molar-refractivity contribution in [3.05, 3.63) is 22.8 Å². The molecule has 12 heavy (non-hydrogen) atoms. The second-order valence-electron chi connectivity index (χ2n) is 2.55. The predicted octanol–water partition coefficient (Wildman–Crippen LogP) is 2.73. The first-order chi connectivity index (χ1) is 5.77. The van der Waals surface area contributed by atoms with E-state index in [1.54, 1.807) is 6.20 Å². The van der Waals surface area contributed by atoms with Crippen LogP contribution in [0.1, 0.15) is 19.4 Å². The van der Waals surface area contributed by atoms with Crippen molar-refractivity contribution < 1.29 is 0 Å². The lowest BCUT2D eigenvalue weighted by atomic mass is 10.2. The molecular formula is C9H13ClN2. The summed E-state index contributed by atoms with van der Waals surface area (Å²) in [7, 11) is 0. The number of hydrogen-bond acceptors (Lipinski definition) is 2. The minimum absolute atomic E-state index is 0.702. The van der Waals surface area contributed by atoms with Crippen molar-refractivity contribution in [1.29, 1.82) is 0 Å². The summed E-state index contributed by atoms with van der Waals surface area (Å²) in [5, 5.41) is 3.89. The third-order valence-electron chi connectivity index (χ3n) is 1.66. The topological polar surface area (TPSA) is 24.9 Å². The highest BCUT2D eigenvalue weighted by Crippen LogP contribution is 2.17. The summed E-state index contributed by atoms with van der Waals surface area (Å²) in [5.41, 5.74) is 1.17. The summed E-state index contributed by atoms with van der Waals surface area (Å²) >= 11 is 5.81. The zero-order valence-corrected chi connectivity index (χ0v) is 8.15. The van der Waals surface area contributed by atoms with E-state index in [1.165, 1.54) is 5.56 Å². The van der Waals surface area contributed by atoms with E-state index in [-0.39, 0.29) is 0 Å². The summed E-state index contributed by atoms with van der Waals surface area (Å²) in [6.07, 6.45) is 2.62. The third kappa shape index (κ3) is 2.11. The third-order valence-corrected chi connectivity index (χ3v) is 1.87. The first kappa shape index (κ1) is 9.33. The van der Waals surface area contributed by atoms with Crippen LogP contribution in [-0.2, 0) is 6.42 Å². The quantitative estimate of drug-likeness (QED) is 0.782. The minimum Gasteiger partial charge on any atom is -0.370 e. The molecule has 3 heteroatoms. The van der Waals surface area contributed by atoms with Crippen molar-refractivity contribution in [1.82, 2.24) is 4.98 Å². The zero-order valence-electron chi connectivity index (χ0n) is 7.39. The van der Waals surface area contributed by atoms with Gasteiger partial charge in [0.2, 0.25) is 0 Å². The molecule has 2 nitrogen and oxygen atoms in total. The fraction of sp³-hybridized carbons (Fsp3) is 0.444. The number of hydrogen-bond donors (Lipinski definition) is 1. The van der Waals surface area contributed by atoms with Gasteiger partial charge < -0.3 is 5.32 Å². The van der Waals surface area contributed by atoms with Crippen molar-refractivity contribution in [3.8, 4) is 0 Å². The summed E-state index contributed by atoms with van der Waals surface area (Å²) in [6, 6.07) is 1.95. The van der Waals surface area contributed by atoms with Gasteiger partial charge in [-0.05, 0) is 25.0 Å². The Bertz CT molecular complexity index is 261. The van der Waals surface area contributed by atoms with Crippen molar-refractivity contribution in [3.63, 3.8) is 0 Å². The van der Waals surface area contributed by atoms with Crippen LogP contribution in [0.15, 0.2) is 12.3 Å². The van der Waals surface area contributed by atoms with Crippen LogP contribution in [0.4, 0.5) is 5.82 Å². The maximum Gasteiger partial charge on any atom is 0.129 e. The van der Waals surface area contributed by atoms with Crippen LogP contribution in [0.3, 0.4) is 0 Å². The van der Waals surface area contributed by atoms with Crippen LogP contribution >= 0.6 is 11.6 Å². The van der Waals surface area contributed by atoms with E-state index >= 15 is 0 Å². The van der Waals surface area contributed by atoms with E-state index in [9.17, 15) is 0 Å². The summed E-state index contributed by atoms with van der Waals surface area (Å²) in [5.74, 6) is 0.949. The van der Waals surface area contributed by atoms with Crippen LogP contribution in [0.5, 0.6) is 0 Å². The molecule has 0 saturated heterocycles. The largest absolute Gasteiger partial charge is 0.370 e. The SMILES string of the molecule is CCNc1ncc(Cl)cc1CC. The average molecular weight is 185 g/mol. The van der Waals surface area contributed by atoms with Gasteiger partial charge in [-0.2, -0.15) is 0 Å². The lowest BCUT2D eigenvalue weighted by molar-refractivity contribution is 1.07. The molecule has 0 aliphatic carbocycles. The van der Waals surface area contributed by atoms with Gasteiger partial charge in [0.1, 0.15) is 5.82 Å². The molecule has 1 aromatic rings. The van der Waals surface area contributed by atoms with Gasteiger partial charge in [0, 0.05) is 12.7 Å². The molecule has 0 aliphatic heterocycles. The number of nitrogens with one attached hydrogen (secondary N) is 1. The van der Waals surface area contributed by atoms with Gasteiger partial charge in [0.15, 0.2) is 0 Å². The molecule has 66 valence electrons. The molecule has 1 N–H and O–H groups in total. The Morgan fingerprint density at radius 2 is 2.25 bits per heavy atom. The van der Waals surface area contributed by atoms with E-state index in [2.05, 4.69) is 24.1 Å². The van der Waals surface area contributed by atoms with E-state index in [0.29, 0.717) is 5.02 Å². The smallest absolute Gasteiger partial charge is 0.129 e. The van der Waals surface area contributed by atoms with Crippen LogP contribution in [0.25, 0.3) is 0 Å². The molecular weight excluding hydrogens is 172 g/mol. The highest BCUT2D eigenvalue weighted by atomic mass is 35.5. The van der Waals surface area contributed by atoms with Gasteiger partial charge in [-0.15, -0.1) is 0 Å². The number of nitrogens with zero attached hydrogens (tertiary/aromatic N) is 1. The first-order valence-electron chi connectivity index (χ1n) is 4.16. The van der Waals surface area contributed by atoms with Crippen molar-refractivity contribution >= 4 is 17.4 Å². The molecule has 0 fully saturated rings. The van der Waals surface area contributed by atoms with Gasteiger partial charge in [0.05, 0.1) is 5.02 Å². The minimum atomic E-state index is 0.702. The molecule has 0 radical (unpaired) electrons. The second kappa shape index (κ2) is 4.31. The molecule has 1 aromatic heterocycles. The normalized spacial score (nSPS) is 9.92. The predicted molar refractivity (Wildman–Crippen MR) is 52.8 cm³/mol. The van der Waals surface area contributed by atoms with Crippen molar-refractivity contribution in [2.24, 2.45) is 0 Å². The molecule has 0 spiro atoms. The Morgan fingerprint density at radius 3 is 2.83 bits per heavy atom. The summed E-state index contributed by atoms with van der Waals surface area (Å²) in [6.45, 7) is 5.03. The number of aromatic nitrogens is 1. The Hall–Kier alpha value is -0.760. The molecule has 0 aliphatic rings. The molecule has 0 unspecified atom stereocenters. The van der Waals surface area contributed by atoms with Gasteiger partial charge >= 0.3 is 0 Å². The number of pyridine rings is 1. The van der Waals surface area contributed by atoms with Crippen LogP contribution in [0, 0.1) is 0 Å². The Balaban J connectivity index is 2.94. The van der Waals surface area contributed by atoms with E-state index < -0.39 is 0 Å². The maximum absolute atomic E-state index is 5.81. The number of rotatable bonds is 3. The van der Waals surface area contributed by atoms with Crippen LogP contribution in [-0.4, -0.2) is 11.5 Å². The number of halogens is 1. The van der Waals surface area contributed by atoms with Gasteiger partial charge in [-0.3, -0.25) is 0 Å². The molecule has 0 saturated carbocycles. The van der Waals surface area contributed by atoms with Crippen LogP contribution < -0.4 is 5.32 Å². The first-order valence-corrected chi connectivity index (χ1v) is 4.54. The fourth-order valence-corrected chi connectivity index (χ4v) is 1.26. The molecule has 1 heterocycles. The zero-order chi connectivity index (χ0) is 8.97. The van der Waals surface area contributed by atoms with Gasteiger partial charge in [-0.1, -0.05) is 18.5 Å². The van der Waals surface area contributed by atoms with Gasteiger partial charge in [-0.25, -0.2) is 4.98 Å². The number of aryl methyl sites for hydroxylation is 1. The monoisotopic (exact) mass is 184 g/mol.